The van der Waals surface area contributed by atoms with Crippen molar-refractivity contribution in [3.8, 4) is 11.3 Å². The van der Waals surface area contributed by atoms with Gasteiger partial charge >= 0.3 is 6.18 Å². The summed E-state index contributed by atoms with van der Waals surface area (Å²) in [7, 11) is 0. The molecule has 1 aliphatic carbocycles. The van der Waals surface area contributed by atoms with Crippen molar-refractivity contribution in [1.82, 2.24) is 9.97 Å². The van der Waals surface area contributed by atoms with E-state index in [0.29, 0.717) is 35.4 Å². The van der Waals surface area contributed by atoms with Crippen molar-refractivity contribution in [2.24, 2.45) is 0 Å². The third kappa shape index (κ3) is 3.99. The Balaban J connectivity index is 1.87. The lowest BCUT2D eigenvalue weighted by atomic mass is 9.93. The number of pyridine rings is 1. The Morgan fingerprint density at radius 3 is 2.58 bits per heavy atom. The van der Waals surface area contributed by atoms with Gasteiger partial charge in [0.25, 0.3) is 0 Å². The second-order valence-corrected chi connectivity index (χ2v) is 6.98. The topological polar surface area (TPSA) is 58.0 Å². The molecule has 9 heteroatoms. The largest absolute Gasteiger partial charge is 0.443 e. The van der Waals surface area contributed by atoms with E-state index in [1.54, 1.807) is 6.07 Å². The predicted molar refractivity (Wildman–Crippen MR) is 87.2 cm³/mol. The number of rotatable bonds is 3. The Morgan fingerprint density at radius 1 is 1.25 bits per heavy atom. The smallest absolute Gasteiger partial charge is 0.393 e. The summed E-state index contributed by atoms with van der Waals surface area (Å²) in [5.41, 5.74) is 1.31. The normalized spacial score (nSPS) is 21.7. The minimum Gasteiger partial charge on any atom is -0.393 e. The van der Waals surface area contributed by atoms with Gasteiger partial charge in [-0.3, -0.25) is 0 Å². The molecular formula is C15H15ClF3N3OS. The zero-order valence-corrected chi connectivity index (χ0v) is 14.0. The van der Waals surface area contributed by atoms with Crippen molar-refractivity contribution in [3.63, 3.8) is 0 Å². The van der Waals surface area contributed by atoms with Crippen LogP contribution in [-0.2, 0) is 6.18 Å². The minimum absolute atomic E-state index is 0.131. The molecule has 0 aromatic carbocycles. The average molecular weight is 378 g/mol. The Hall–Kier alpha value is -1.38. The first-order valence-electron chi connectivity index (χ1n) is 7.46. The van der Waals surface area contributed by atoms with Gasteiger partial charge in [-0.15, -0.1) is 11.3 Å². The van der Waals surface area contributed by atoms with E-state index in [1.807, 2.05) is 0 Å². The Morgan fingerprint density at radius 2 is 1.96 bits per heavy atom. The summed E-state index contributed by atoms with van der Waals surface area (Å²) in [6.07, 6.45) is -0.359. The van der Waals surface area contributed by atoms with Gasteiger partial charge in [-0.05, 0) is 31.7 Å². The first kappa shape index (κ1) is 17.4. The van der Waals surface area contributed by atoms with Crippen molar-refractivity contribution >= 4 is 28.6 Å². The molecule has 0 aliphatic heterocycles. The molecule has 2 aromatic heterocycles. The highest BCUT2D eigenvalue weighted by atomic mass is 35.5. The molecule has 0 radical (unpaired) electrons. The van der Waals surface area contributed by atoms with Gasteiger partial charge in [-0.25, -0.2) is 9.97 Å². The highest BCUT2D eigenvalue weighted by molar-refractivity contribution is 7.10. The summed E-state index contributed by atoms with van der Waals surface area (Å²) in [6.45, 7) is 0. The molecule has 0 saturated heterocycles. The number of anilines is 1. The molecule has 0 spiro atoms. The number of nitrogens with one attached hydrogen (secondary N) is 1. The third-order valence-electron chi connectivity index (χ3n) is 3.95. The standard InChI is InChI=1S/C15H15ClF3N3OS/c16-13-5-11(21-8-1-3-9(23)4-2-8)10(6-20-13)12-7-24-14(22-12)15(17,18)19/h5-9,23H,1-4H2,(H,20,21). The van der Waals surface area contributed by atoms with Gasteiger partial charge in [0.2, 0.25) is 0 Å². The van der Waals surface area contributed by atoms with E-state index < -0.39 is 11.2 Å². The fourth-order valence-electron chi connectivity index (χ4n) is 2.72. The second-order valence-electron chi connectivity index (χ2n) is 5.74. The summed E-state index contributed by atoms with van der Waals surface area (Å²) in [5, 5.41) is 13.6. The average Bonchev–Trinajstić information content (AvgIpc) is 3.00. The fourth-order valence-corrected chi connectivity index (χ4v) is 3.57. The van der Waals surface area contributed by atoms with E-state index in [9.17, 15) is 18.3 Å². The van der Waals surface area contributed by atoms with Crippen LogP contribution in [0, 0.1) is 0 Å². The van der Waals surface area contributed by atoms with Gasteiger partial charge in [-0.1, -0.05) is 11.6 Å². The number of aromatic nitrogens is 2. The van der Waals surface area contributed by atoms with Crippen LogP contribution in [0.25, 0.3) is 11.3 Å². The fraction of sp³-hybridized carbons (Fsp3) is 0.467. The summed E-state index contributed by atoms with van der Waals surface area (Å²) < 4.78 is 38.3. The van der Waals surface area contributed by atoms with Gasteiger partial charge in [0.15, 0.2) is 5.01 Å². The molecule has 4 nitrogen and oxygen atoms in total. The molecule has 1 fully saturated rings. The molecule has 24 heavy (non-hydrogen) atoms. The number of hydrogen-bond donors (Lipinski definition) is 2. The van der Waals surface area contributed by atoms with Gasteiger partial charge < -0.3 is 10.4 Å². The second kappa shape index (κ2) is 6.85. The molecule has 0 bridgehead atoms. The molecule has 0 unspecified atom stereocenters. The van der Waals surface area contributed by atoms with Crippen molar-refractivity contribution in [2.45, 2.75) is 44.0 Å². The Kier molecular flexibility index (Phi) is 4.98. The monoisotopic (exact) mass is 377 g/mol. The molecule has 130 valence electrons. The molecule has 1 aliphatic rings. The number of halogens is 4. The first-order chi connectivity index (χ1) is 11.3. The van der Waals surface area contributed by atoms with Crippen molar-refractivity contribution in [3.05, 3.63) is 27.8 Å². The van der Waals surface area contributed by atoms with E-state index in [4.69, 9.17) is 11.6 Å². The van der Waals surface area contributed by atoms with Gasteiger partial charge in [0, 0.05) is 28.9 Å². The summed E-state index contributed by atoms with van der Waals surface area (Å²) in [4.78, 5) is 7.64. The van der Waals surface area contributed by atoms with Crippen LogP contribution in [0.2, 0.25) is 5.15 Å². The lowest BCUT2D eigenvalue weighted by Gasteiger charge is -2.27. The zero-order chi connectivity index (χ0) is 17.3. The van der Waals surface area contributed by atoms with Gasteiger partial charge in [0.1, 0.15) is 5.15 Å². The summed E-state index contributed by atoms with van der Waals surface area (Å²) in [6, 6.07) is 1.72. The van der Waals surface area contributed by atoms with Crippen LogP contribution in [0.5, 0.6) is 0 Å². The van der Waals surface area contributed by atoms with Crippen LogP contribution >= 0.6 is 22.9 Å². The van der Waals surface area contributed by atoms with Gasteiger partial charge in [0.05, 0.1) is 11.8 Å². The van der Waals surface area contributed by atoms with Crippen molar-refractivity contribution in [1.29, 1.82) is 0 Å². The quantitative estimate of drug-likeness (QED) is 0.768. The van der Waals surface area contributed by atoms with Crippen LogP contribution in [0.1, 0.15) is 30.7 Å². The summed E-state index contributed by atoms with van der Waals surface area (Å²) in [5.74, 6) is 0. The highest BCUT2D eigenvalue weighted by Gasteiger charge is 2.35. The lowest BCUT2D eigenvalue weighted by Crippen LogP contribution is -2.28. The molecular weight excluding hydrogens is 363 g/mol. The van der Waals surface area contributed by atoms with E-state index in [2.05, 4.69) is 15.3 Å². The lowest BCUT2D eigenvalue weighted by molar-refractivity contribution is -0.137. The van der Waals surface area contributed by atoms with Crippen LogP contribution in [0.4, 0.5) is 18.9 Å². The van der Waals surface area contributed by atoms with E-state index in [1.165, 1.54) is 11.6 Å². The van der Waals surface area contributed by atoms with Crippen LogP contribution in [0.15, 0.2) is 17.6 Å². The van der Waals surface area contributed by atoms with Crippen LogP contribution < -0.4 is 5.32 Å². The first-order valence-corrected chi connectivity index (χ1v) is 8.72. The Labute approximate surface area is 145 Å². The van der Waals surface area contributed by atoms with Gasteiger partial charge in [-0.2, -0.15) is 13.2 Å². The molecule has 2 N–H and O–H groups in total. The maximum Gasteiger partial charge on any atom is 0.443 e. The molecule has 3 rings (SSSR count). The zero-order valence-electron chi connectivity index (χ0n) is 12.5. The number of hydrogen-bond acceptors (Lipinski definition) is 5. The Bertz CT molecular complexity index is 714. The maximum atomic E-state index is 12.8. The van der Waals surface area contributed by atoms with Crippen LogP contribution in [0.3, 0.4) is 0 Å². The predicted octanol–water partition coefficient (Wildman–Crippen LogP) is 4.59. The van der Waals surface area contributed by atoms with E-state index in [0.717, 1.165) is 12.8 Å². The molecule has 2 aromatic rings. The number of aliphatic hydroxyl groups excluding tert-OH is 1. The maximum absolute atomic E-state index is 12.8. The number of thiazole rings is 1. The van der Waals surface area contributed by atoms with Crippen molar-refractivity contribution < 1.29 is 18.3 Å². The van der Waals surface area contributed by atoms with Crippen molar-refractivity contribution in [2.75, 3.05) is 5.32 Å². The number of aliphatic hydroxyl groups is 1. The minimum atomic E-state index is -4.46. The SMILES string of the molecule is OC1CCC(Nc2cc(Cl)ncc2-c2csc(C(F)(F)F)n2)CC1. The molecule has 1 saturated carbocycles. The van der Waals surface area contributed by atoms with Crippen LogP contribution in [-0.4, -0.2) is 27.2 Å². The molecule has 0 amide bonds. The molecule has 0 atom stereocenters. The van der Waals surface area contributed by atoms with E-state index >= 15 is 0 Å². The summed E-state index contributed by atoms with van der Waals surface area (Å²) >= 11 is 6.49. The highest BCUT2D eigenvalue weighted by Crippen LogP contribution is 2.37. The van der Waals surface area contributed by atoms with E-state index in [-0.39, 0.29) is 23.0 Å². The number of nitrogens with zero attached hydrogens (tertiary/aromatic N) is 2. The molecule has 2 heterocycles. The number of alkyl halides is 3. The third-order valence-corrected chi connectivity index (χ3v) is 5.04.